The highest BCUT2D eigenvalue weighted by Gasteiger charge is 2.23. The van der Waals surface area contributed by atoms with E-state index in [2.05, 4.69) is 4.98 Å². The summed E-state index contributed by atoms with van der Waals surface area (Å²) < 4.78 is 26.6. The van der Waals surface area contributed by atoms with Gasteiger partial charge in [-0.25, -0.2) is 4.98 Å². The van der Waals surface area contributed by atoms with Crippen LogP contribution in [0.4, 0.5) is 14.5 Å². The molecule has 0 radical (unpaired) electrons. The van der Waals surface area contributed by atoms with Crippen molar-refractivity contribution in [3.63, 3.8) is 0 Å². The Labute approximate surface area is 169 Å². The number of carbonyl (C=O) groups excluding carboxylic acids is 1. The Hall–Kier alpha value is -1.90. The molecule has 0 bridgehead atoms. The molecular weight excluding hydrogens is 399 g/mol. The SMILES string of the molecule is Cl.Cl.Nc1ccc(CC(=O)N2CCN(Cc3nccn3C(F)F)CC2)cc1. The summed E-state index contributed by atoms with van der Waals surface area (Å²) in [5, 5.41) is 0. The maximum atomic E-state index is 12.9. The minimum Gasteiger partial charge on any atom is -0.399 e. The van der Waals surface area contributed by atoms with Crippen LogP contribution in [0.5, 0.6) is 0 Å². The van der Waals surface area contributed by atoms with Crippen LogP contribution >= 0.6 is 24.8 Å². The van der Waals surface area contributed by atoms with Gasteiger partial charge in [0.05, 0.1) is 13.0 Å². The van der Waals surface area contributed by atoms with Gasteiger partial charge in [0.2, 0.25) is 5.91 Å². The first-order valence-electron chi connectivity index (χ1n) is 8.17. The molecule has 150 valence electrons. The van der Waals surface area contributed by atoms with Crippen molar-refractivity contribution in [1.29, 1.82) is 0 Å². The Bertz CT molecular complexity index is 718. The van der Waals surface area contributed by atoms with Gasteiger partial charge in [-0.3, -0.25) is 14.3 Å². The highest BCUT2D eigenvalue weighted by molar-refractivity contribution is 5.85. The van der Waals surface area contributed by atoms with Crippen molar-refractivity contribution in [3.05, 3.63) is 48.0 Å². The molecule has 2 heterocycles. The number of hydrogen-bond donors (Lipinski definition) is 1. The van der Waals surface area contributed by atoms with Gasteiger partial charge in [-0.05, 0) is 17.7 Å². The monoisotopic (exact) mass is 421 g/mol. The number of amides is 1. The number of aromatic nitrogens is 2. The Kier molecular flexibility index (Phi) is 8.95. The number of imidazole rings is 1. The minimum absolute atomic E-state index is 0. The molecule has 1 fully saturated rings. The van der Waals surface area contributed by atoms with E-state index in [4.69, 9.17) is 5.73 Å². The summed E-state index contributed by atoms with van der Waals surface area (Å²) in [4.78, 5) is 20.2. The predicted molar refractivity (Wildman–Crippen MR) is 104 cm³/mol. The van der Waals surface area contributed by atoms with Crippen molar-refractivity contribution in [2.75, 3.05) is 31.9 Å². The standard InChI is InChI=1S/C17H21F2N5O.2ClH/c18-17(19)24-6-5-21-15(24)12-22-7-9-23(10-8-22)16(25)11-13-1-3-14(20)4-2-13;;/h1-6,17H,7-12,20H2;2*1H. The summed E-state index contributed by atoms with van der Waals surface area (Å²) >= 11 is 0. The van der Waals surface area contributed by atoms with Gasteiger partial charge in [-0.1, -0.05) is 12.1 Å². The molecule has 27 heavy (non-hydrogen) atoms. The molecule has 0 spiro atoms. The zero-order valence-electron chi connectivity index (χ0n) is 14.6. The van der Waals surface area contributed by atoms with E-state index in [9.17, 15) is 13.6 Å². The number of anilines is 1. The van der Waals surface area contributed by atoms with Gasteiger partial charge in [0.25, 0.3) is 0 Å². The van der Waals surface area contributed by atoms with Crippen molar-refractivity contribution in [1.82, 2.24) is 19.4 Å². The molecule has 2 N–H and O–H groups in total. The third-order valence-electron chi connectivity index (χ3n) is 4.38. The van der Waals surface area contributed by atoms with Crippen LogP contribution in [0.2, 0.25) is 0 Å². The second-order valence-corrected chi connectivity index (χ2v) is 6.10. The molecule has 0 saturated carbocycles. The van der Waals surface area contributed by atoms with E-state index in [-0.39, 0.29) is 30.7 Å². The van der Waals surface area contributed by atoms with Crippen LogP contribution in [0, 0.1) is 0 Å². The second-order valence-electron chi connectivity index (χ2n) is 6.10. The zero-order valence-corrected chi connectivity index (χ0v) is 16.3. The fourth-order valence-corrected chi connectivity index (χ4v) is 2.92. The molecule has 1 aromatic heterocycles. The van der Waals surface area contributed by atoms with E-state index in [1.807, 2.05) is 21.9 Å². The van der Waals surface area contributed by atoms with E-state index >= 15 is 0 Å². The van der Waals surface area contributed by atoms with Crippen LogP contribution < -0.4 is 5.73 Å². The molecule has 0 aliphatic carbocycles. The first-order valence-corrected chi connectivity index (χ1v) is 8.17. The number of nitrogens with two attached hydrogens (primary N) is 1. The van der Waals surface area contributed by atoms with Crippen molar-refractivity contribution < 1.29 is 13.6 Å². The molecular formula is C17H23Cl2F2N5O. The van der Waals surface area contributed by atoms with E-state index in [1.165, 1.54) is 12.4 Å². The lowest BCUT2D eigenvalue weighted by molar-refractivity contribution is -0.132. The molecule has 1 aromatic carbocycles. The molecule has 1 aliphatic heterocycles. The Balaban J connectivity index is 0.00000182. The molecule has 10 heteroatoms. The van der Waals surface area contributed by atoms with E-state index < -0.39 is 6.55 Å². The van der Waals surface area contributed by atoms with Crippen molar-refractivity contribution in [2.24, 2.45) is 0 Å². The molecule has 1 amide bonds. The van der Waals surface area contributed by atoms with Gasteiger partial charge in [-0.15, -0.1) is 24.8 Å². The average molecular weight is 422 g/mol. The highest BCUT2D eigenvalue weighted by Crippen LogP contribution is 2.15. The van der Waals surface area contributed by atoms with Gasteiger partial charge < -0.3 is 10.6 Å². The molecule has 1 aliphatic rings. The number of carbonyl (C=O) groups is 1. The fraction of sp³-hybridized carbons (Fsp3) is 0.412. The zero-order chi connectivity index (χ0) is 17.8. The van der Waals surface area contributed by atoms with Crippen LogP contribution in [0.1, 0.15) is 17.9 Å². The largest absolute Gasteiger partial charge is 0.399 e. The summed E-state index contributed by atoms with van der Waals surface area (Å²) in [5.74, 6) is 0.412. The minimum atomic E-state index is -2.58. The molecule has 3 rings (SSSR count). The van der Waals surface area contributed by atoms with Gasteiger partial charge in [-0.2, -0.15) is 8.78 Å². The quantitative estimate of drug-likeness (QED) is 0.753. The molecule has 0 unspecified atom stereocenters. The molecule has 6 nitrogen and oxygen atoms in total. The number of hydrogen-bond acceptors (Lipinski definition) is 4. The summed E-state index contributed by atoms with van der Waals surface area (Å²) in [6.45, 7) is 0.233. The average Bonchev–Trinajstić information content (AvgIpc) is 3.06. The second kappa shape index (κ2) is 10.4. The van der Waals surface area contributed by atoms with E-state index in [0.29, 0.717) is 50.7 Å². The number of nitrogens with zero attached hydrogens (tertiary/aromatic N) is 4. The van der Waals surface area contributed by atoms with Crippen LogP contribution in [-0.4, -0.2) is 51.4 Å². The Morgan fingerprint density at radius 3 is 2.33 bits per heavy atom. The lowest BCUT2D eigenvalue weighted by Crippen LogP contribution is -2.49. The third kappa shape index (κ3) is 6.05. The van der Waals surface area contributed by atoms with Gasteiger partial charge in [0.15, 0.2) is 0 Å². The van der Waals surface area contributed by atoms with Crippen molar-refractivity contribution in [3.8, 4) is 0 Å². The lowest BCUT2D eigenvalue weighted by atomic mass is 10.1. The summed E-state index contributed by atoms with van der Waals surface area (Å²) in [6, 6.07) is 7.28. The number of alkyl halides is 2. The Morgan fingerprint density at radius 1 is 1.11 bits per heavy atom. The van der Waals surface area contributed by atoms with Crippen LogP contribution in [-0.2, 0) is 17.8 Å². The smallest absolute Gasteiger partial charge is 0.319 e. The van der Waals surface area contributed by atoms with Crippen LogP contribution in [0.25, 0.3) is 0 Å². The summed E-state index contributed by atoms with van der Waals surface area (Å²) in [5.41, 5.74) is 7.25. The highest BCUT2D eigenvalue weighted by atomic mass is 35.5. The van der Waals surface area contributed by atoms with Gasteiger partial charge in [0, 0.05) is 44.3 Å². The van der Waals surface area contributed by atoms with Crippen molar-refractivity contribution in [2.45, 2.75) is 19.5 Å². The number of nitrogen functional groups attached to an aromatic ring is 1. The number of piperazine rings is 1. The van der Waals surface area contributed by atoms with E-state index in [0.717, 1.165) is 10.1 Å². The number of halogens is 4. The van der Waals surface area contributed by atoms with Gasteiger partial charge in [0.1, 0.15) is 5.82 Å². The van der Waals surface area contributed by atoms with Crippen LogP contribution in [0.15, 0.2) is 36.7 Å². The molecule has 1 saturated heterocycles. The van der Waals surface area contributed by atoms with E-state index in [1.54, 1.807) is 12.1 Å². The summed E-state index contributed by atoms with van der Waals surface area (Å²) in [6.07, 6.45) is 3.01. The lowest BCUT2D eigenvalue weighted by Gasteiger charge is -2.34. The number of benzene rings is 1. The predicted octanol–water partition coefficient (Wildman–Crippen LogP) is 2.59. The maximum absolute atomic E-state index is 12.9. The molecule has 0 atom stereocenters. The summed E-state index contributed by atoms with van der Waals surface area (Å²) in [7, 11) is 0. The first-order chi connectivity index (χ1) is 12.0. The third-order valence-corrected chi connectivity index (χ3v) is 4.38. The van der Waals surface area contributed by atoms with Crippen LogP contribution in [0.3, 0.4) is 0 Å². The topological polar surface area (TPSA) is 67.4 Å². The fourth-order valence-electron chi connectivity index (χ4n) is 2.92. The van der Waals surface area contributed by atoms with Crippen molar-refractivity contribution >= 4 is 36.4 Å². The normalized spacial score (nSPS) is 14.6. The maximum Gasteiger partial charge on any atom is 0.319 e. The number of rotatable bonds is 5. The van der Waals surface area contributed by atoms with Gasteiger partial charge >= 0.3 is 6.55 Å². The first kappa shape index (κ1) is 23.1. The molecule has 2 aromatic rings. The Morgan fingerprint density at radius 2 is 1.74 bits per heavy atom.